The average Bonchev–Trinajstić information content (AvgIpc) is 2.61. The van der Waals surface area contributed by atoms with E-state index < -0.39 is 6.04 Å². The van der Waals surface area contributed by atoms with Crippen molar-refractivity contribution in [1.29, 1.82) is 0 Å². The Kier molecular flexibility index (Phi) is 7.53. The van der Waals surface area contributed by atoms with Crippen LogP contribution in [0.5, 0.6) is 0 Å². The molecular formula is C19H28FN3O3. The molecule has 2 N–H and O–H groups in total. The van der Waals surface area contributed by atoms with E-state index in [-0.39, 0.29) is 29.6 Å². The number of hydrogen-bond acceptors (Lipinski definition) is 4. The Balaban J connectivity index is 2.09. The van der Waals surface area contributed by atoms with Gasteiger partial charge in [-0.1, -0.05) is 26.0 Å². The van der Waals surface area contributed by atoms with Gasteiger partial charge in [-0.3, -0.25) is 14.5 Å². The van der Waals surface area contributed by atoms with E-state index in [0.29, 0.717) is 19.8 Å². The van der Waals surface area contributed by atoms with Crippen molar-refractivity contribution in [2.24, 2.45) is 5.92 Å². The summed E-state index contributed by atoms with van der Waals surface area (Å²) in [7, 11) is 0. The molecule has 7 heteroatoms. The van der Waals surface area contributed by atoms with E-state index in [1.54, 1.807) is 12.1 Å². The summed E-state index contributed by atoms with van der Waals surface area (Å²) in [4.78, 5) is 26.1. The molecule has 1 aliphatic rings. The third kappa shape index (κ3) is 5.78. The predicted molar refractivity (Wildman–Crippen MR) is 97.0 cm³/mol. The number of morpholine rings is 1. The summed E-state index contributed by atoms with van der Waals surface area (Å²) in [5, 5.41) is 5.65. The number of hydrogen-bond donors (Lipinski definition) is 2. The molecule has 1 aromatic rings. The van der Waals surface area contributed by atoms with Gasteiger partial charge in [0.2, 0.25) is 11.8 Å². The first-order valence-corrected chi connectivity index (χ1v) is 9.00. The number of halogens is 1. The van der Waals surface area contributed by atoms with E-state index in [0.717, 1.165) is 18.7 Å². The van der Waals surface area contributed by atoms with Crippen LogP contribution in [0.15, 0.2) is 24.3 Å². The summed E-state index contributed by atoms with van der Waals surface area (Å²) in [5.74, 6) is -0.756. The van der Waals surface area contributed by atoms with Crippen molar-refractivity contribution in [3.63, 3.8) is 0 Å². The molecule has 1 fully saturated rings. The molecule has 6 nitrogen and oxygen atoms in total. The van der Waals surface area contributed by atoms with Gasteiger partial charge in [0.25, 0.3) is 0 Å². The Morgan fingerprint density at radius 3 is 2.35 bits per heavy atom. The first-order valence-electron chi connectivity index (χ1n) is 9.00. The zero-order valence-corrected chi connectivity index (χ0v) is 15.6. The fourth-order valence-electron chi connectivity index (χ4n) is 3.09. The van der Waals surface area contributed by atoms with Crippen LogP contribution < -0.4 is 10.6 Å². The average molecular weight is 365 g/mol. The van der Waals surface area contributed by atoms with Crippen LogP contribution in [0.2, 0.25) is 0 Å². The van der Waals surface area contributed by atoms with Crippen LogP contribution in [0.25, 0.3) is 0 Å². The van der Waals surface area contributed by atoms with Crippen molar-refractivity contribution >= 4 is 11.8 Å². The lowest BCUT2D eigenvalue weighted by molar-refractivity contribution is -0.129. The van der Waals surface area contributed by atoms with E-state index in [4.69, 9.17) is 4.74 Å². The van der Waals surface area contributed by atoms with Gasteiger partial charge in [0.05, 0.1) is 19.3 Å². The normalized spacial score (nSPS) is 17.6. The second-order valence-electron chi connectivity index (χ2n) is 6.88. The van der Waals surface area contributed by atoms with Gasteiger partial charge in [0.15, 0.2) is 0 Å². The minimum absolute atomic E-state index is 0.0217. The largest absolute Gasteiger partial charge is 0.379 e. The Labute approximate surface area is 154 Å². The summed E-state index contributed by atoms with van der Waals surface area (Å²) < 4.78 is 18.7. The second-order valence-corrected chi connectivity index (χ2v) is 6.88. The number of nitrogens with one attached hydrogen (secondary N) is 2. The van der Waals surface area contributed by atoms with Gasteiger partial charge < -0.3 is 15.4 Å². The molecule has 2 amide bonds. The summed E-state index contributed by atoms with van der Waals surface area (Å²) in [5.41, 5.74) is 0.939. The van der Waals surface area contributed by atoms with Gasteiger partial charge in [-0.15, -0.1) is 0 Å². The highest BCUT2D eigenvalue weighted by Gasteiger charge is 2.27. The molecule has 2 rings (SSSR count). The lowest BCUT2D eigenvalue weighted by Gasteiger charge is -2.35. The SMILES string of the molecule is CC(=O)N[C@H](C(=O)NC[C@H](c1ccc(F)cc1)N1CCOCC1)C(C)C. The van der Waals surface area contributed by atoms with Gasteiger partial charge in [-0.05, 0) is 23.6 Å². The van der Waals surface area contributed by atoms with E-state index in [9.17, 15) is 14.0 Å². The topological polar surface area (TPSA) is 70.7 Å². The van der Waals surface area contributed by atoms with Gasteiger partial charge >= 0.3 is 0 Å². The minimum atomic E-state index is -0.578. The molecule has 0 saturated carbocycles. The van der Waals surface area contributed by atoms with Crippen molar-refractivity contribution in [3.8, 4) is 0 Å². The fourth-order valence-corrected chi connectivity index (χ4v) is 3.09. The van der Waals surface area contributed by atoms with Gasteiger partial charge in [-0.2, -0.15) is 0 Å². The Morgan fingerprint density at radius 1 is 1.19 bits per heavy atom. The number of carbonyl (C=O) groups is 2. The summed E-state index contributed by atoms with van der Waals surface area (Å²) in [6.07, 6.45) is 0. The van der Waals surface area contributed by atoms with Crippen LogP contribution in [-0.4, -0.2) is 55.6 Å². The lowest BCUT2D eigenvalue weighted by Crippen LogP contribution is -2.51. The molecule has 1 heterocycles. The minimum Gasteiger partial charge on any atom is -0.379 e. The number of rotatable bonds is 7. The van der Waals surface area contributed by atoms with E-state index in [1.165, 1.54) is 19.1 Å². The Morgan fingerprint density at radius 2 is 1.81 bits per heavy atom. The smallest absolute Gasteiger partial charge is 0.242 e. The van der Waals surface area contributed by atoms with E-state index in [1.807, 2.05) is 13.8 Å². The van der Waals surface area contributed by atoms with Crippen molar-refractivity contribution in [1.82, 2.24) is 15.5 Å². The fraction of sp³-hybridized carbons (Fsp3) is 0.579. The summed E-state index contributed by atoms with van der Waals surface area (Å²) in [6, 6.07) is 5.70. The maximum atomic E-state index is 13.3. The molecule has 144 valence electrons. The zero-order valence-electron chi connectivity index (χ0n) is 15.6. The van der Waals surface area contributed by atoms with Crippen molar-refractivity contribution < 1.29 is 18.7 Å². The molecule has 1 saturated heterocycles. The van der Waals surface area contributed by atoms with Crippen molar-refractivity contribution in [3.05, 3.63) is 35.6 Å². The Bertz CT molecular complexity index is 601. The molecule has 0 radical (unpaired) electrons. The van der Waals surface area contributed by atoms with Crippen LogP contribution in [0.3, 0.4) is 0 Å². The first kappa shape index (κ1) is 20.3. The molecule has 0 aromatic heterocycles. The zero-order chi connectivity index (χ0) is 19.1. The highest BCUT2D eigenvalue weighted by atomic mass is 19.1. The van der Waals surface area contributed by atoms with Crippen LogP contribution in [0, 0.1) is 11.7 Å². The third-order valence-corrected chi connectivity index (χ3v) is 4.52. The monoisotopic (exact) mass is 365 g/mol. The molecule has 0 spiro atoms. The molecule has 26 heavy (non-hydrogen) atoms. The highest BCUT2D eigenvalue weighted by Crippen LogP contribution is 2.22. The first-order chi connectivity index (χ1) is 12.4. The number of benzene rings is 1. The number of nitrogens with zero attached hydrogens (tertiary/aromatic N) is 1. The molecule has 0 bridgehead atoms. The third-order valence-electron chi connectivity index (χ3n) is 4.52. The number of ether oxygens (including phenoxy) is 1. The van der Waals surface area contributed by atoms with Crippen LogP contribution in [0.1, 0.15) is 32.4 Å². The van der Waals surface area contributed by atoms with Gasteiger partial charge in [0, 0.05) is 26.6 Å². The maximum absolute atomic E-state index is 13.3. The maximum Gasteiger partial charge on any atom is 0.242 e. The molecular weight excluding hydrogens is 337 g/mol. The summed E-state index contributed by atoms with van der Waals surface area (Å²) >= 11 is 0. The van der Waals surface area contributed by atoms with Crippen molar-refractivity contribution in [2.75, 3.05) is 32.8 Å². The van der Waals surface area contributed by atoms with E-state index >= 15 is 0 Å². The number of amides is 2. The lowest BCUT2D eigenvalue weighted by atomic mass is 10.0. The van der Waals surface area contributed by atoms with Crippen LogP contribution in [0.4, 0.5) is 4.39 Å². The molecule has 0 aliphatic carbocycles. The summed E-state index contributed by atoms with van der Waals surface area (Å²) in [6.45, 7) is 8.32. The molecule has 2 atom stereocenters. The standard InChI is InChI=1S/C19H28FN3O3/c1-13(2)18(22-14(3)24)19(25)21-12-17(23-8-10-26-11-9-23)15-4-6-16(20)7-5-15/h4-7,13,17-18H,8-12H2,1-3H3,(H,21,25)(H,22,24)/t17-,18+/m1/s1. The van der Waals surface area contributed by atoms with E-state index in [2.05, 4.69) is 15.5 Å². The van der Waals surface area contributed by atoms with Gasteiger partial charge in [-0.25, -0.2) is 4.39 Å². The van der Waals surface area contributed by atoms with Gasteiger partial charge in [0.1, 0.15) is 11.9 Å². The highest BCUT2D eigenvalue weighted by molar-refractivity contribution is 5.87. The second kappa shape index (κ2) is 9.64. The number of carbonyl (C=O) groups excluding carboxylic acids is 2. The van der Waals surface area contributed by atoms with Crippen LogP contribution >= 0.6 is 0 Å². The molecule has 1 aliphatic heterocycles. The van der Waals surface area contributed by atoms with Crippen molar-refractivity contribution in [2.45, 2.75) is 32.9 Å². The van der Waals surface area contributed by atoms with Crippen LogP contribution in [-0.2, 0) is 14.3 Å². The predicted octanol–water partition coefficient (Wildman–Crippen LogP) is 1.48. The Hall–Kier alpha value is -1.99. The quantitative estimate of drug-likeness (QED) is 0.768. The molecule has 1 aromatic carbocycles. The molecule has 0 unspecified atom stereocenters.